The van der Waals surface area contributed by atoms with E-state index >= 15 is 0 Å². The second-order valence-corrected chi connectivity index (χ2v) is 5.05. The van der Waals surface area contributed by atoms with Crippen LogP contribution < -0.4 is 0 Å². The van der Waals surface area contributed by atoms with Crippen molar-refractivity contribution in [2.45, 2.75) is 13.3 Å². The summed E-state index contributed by atoms with van der Waals surface area (Å²) >= 11 is 5.42. The summed E-state index contributed by atoms with van der Waals surface area (Å²) in [7, 11) is 0. The number of hydrogen-bond donors (Lipinski definition) is 0. The molecule has 1 heterocycles. The summed E-state index contributed by atoms with van der Waals surface area (Å²) in [5.41, 5.74) is 2.19. The van der Waals surface area contributed by atoms with Crippen LogP contribution in [0.1, 0.15) is 11.1 Å². The zero-order chi connectivity index (χ0) is 13.8. The first kappa shape index (κ1) is 13.9. The Balaban J connectivity index is 1.92. The third-order valence-electron chi connectivity index (χ3n) is 3.48. The molecular weight excluding hydrogens is 264 g/mol. The Morgan fingerprint density at radius 3 is 2.26 bits per heavy atom. The van der Waals surface area contributed by atoms with Crippen LogP contribution in [0, 0.1) is 6.92 Å². The third kappa shape index (κ3) is 3.47. The van der Waals surface area contributed by atoms with Gasteiger partial charge in [-0.3, -0.25) is 9.59 Å². The molecule has 1 aliphatic rings. The SMILES string of the molecule is Cc1ccccc1CC(=O)N1CCN(C(=O)Cl)CC1. The molecule has 0 radical (unpaired) electrons. The molecule has 2 amide bonds. The highest BCUT2D eigenvalue weighted by atomic mass is 35.5. The summed E-state index contributed by atoms with van der Waals surface area (Å²) in [6.07, 6.45) is 0.418. The van der Waals surface area contributed by atoms with Gasteiger partial charge in [-0.2, -0.15) is 0 Å². The molecule has 0 aromatic heterocycles. The summed E-state index contributed by atoms with van der Waals surface area (Å²) in [4.78, 5) is 26.5. The zero-order valence-corrected chi connectivity index (χ0v) is 11.7. The van der Waals surface area contributed by atoms with Gasteiger partial charge in [-0.1, -0.05) is 24.3 Å². The van der Waals surface area contributed by atoms with Gasteiger partial charge in [0, 0.05) is 26.2 Å². The molecule has 0 saturated carbocycles. The van der Waals surface area contributed by atoms with Gasteiger partial charge >= 0.3 is 5.37 Å². The van der Waals surface area contributed by atoms with Crippen LogP contribution >= 0.6 is 11.6 Å². The molecule has 0 N–H and O–H groups in total. The van der Waals surface area contributed by atoms with Crippen LogP contribution in [0.4, 0.5) is 4.79 Å². The van der Waals surface area contributed by atoms with E-state index in [9.17, 15) is 9.59 Å². The topological polar surface area (TPSA) is 40.6 Å². The molecule has 102 valence electrons. The second-order valence-electron chi connectivity index (χ2n) is 4.72. The molecular formula is C14H17ClN2O2. The minimum Gasteiger partial charge on any atom is -0.339 e. The molecule has 1 saturated heterocycles. The molecule has 0 atom stereocenters. The molecule has 0 aliphatic carbocycles. The first-order chi connectivity index (χ1) is 9.08. The van der Waals surface area contributed by atoms with Crippen molar-refractivity contribution in [3.05, 3.63) is 35.4 Å². The number of nitrogens with zero attached hydrogens (tertiary/aromatic N) is 2. The lowest BCUT2D eigenvalue weighted by Gasteiger charge is -2.33. The fourth-order valence-electron chi connectivity index (χ4n) is 2.21. The quantitative estimate of drug-likeness (QED) is 0.614. The summed E-state index contributed by atoms with van der Waals surface area (Å²) in [5, 5.41) is -0.439. The number of piperazine rings is 1. The Hall–Kier alpha value is -1.55. The highest BCUT2D eigenvalue weighted by Gasteiger charge is 2.23. The van der Waals surface area contributed by atoms with Gasteiger partial charge in [0.1, 0.15) is 0 Å². The van der Waals surface area contributed by atoms with Crippen molar-refractivity contribution in [3.63, 3.8) is 0 Å². The van der Waals surface area contributed by atoms with Gasteiger partial charge in [0.15, 0.2) is 0 Å². The molecule has 0 bridgehead atoms. The lowest BCUT2D eigenvalue weighted by Crippen LogP contribution is -2.49. The standard InChI is InChI=1S/C14H17ClN2O2/c1-11-4-2-3-5-12(11)10-13(18)16-6-8-17(9-7-16)14(15)19/h2-5H,6-10H2,1H3. The van der Waals surface area contributed by atoms with Gasteiger partial charge in [-0.25, -0.2) is 0 Å². The highest BCUT2D eigenvalue weighted by molar-refractivity contribution is 6.62. The predicted molar refractivity (Wildman–Crippen MR) is 74.3 cm³/mol. The van der Waals surface area contributed by atoms with Crippen LogP contribution in [-0.4, -0.2) is 47.3 Å². The Labute approximate surface area is 117 Å². The summed E-state index contributed by atoms with van der Waals surface area (Å²) in [5.74, 6) is 0.107. The van der Waals surface area contributed by atoms with E-state index in [-0.39, 0.29) is 5.91 Å². The molecule has 2 rings (SSSR count). The molecule has 5 heteroatoms. The van der Waals surface area contributed by atoms with Crippen LogP contribution in [0.5, 0.6) is 0 Å². The summed E-state index contributed by atoms with van der Waals surface area (Å²) in [6.45, 7) is 4.16. The van der Waals surface area contributed by atoms with E-state index in [1.54, 1.807) is 9.80 Å². The van der Waals surface area contributed by atoms with Crippen LogP contribution in [0.25, 0.3) is 0 Å². The molecule has 1 aromatic rings. The fraction of sp³-hybridized carbons (Fsp3) is 0.429. The maximum absolute atomic E-state index is 12.2. The Bertz CT molecular complexity index is 482. The molecule has 4 nitrogen and oxygen atoms in total. The Morgan fingerprint density at radius 1 is 1.11 bits per heavy atom. The van der Waals surface area contributed by atoms with Crippen molar-refractivity contribution in [1.29, 1.82) is 0 Å². The van der Waals surface area contributed by atoms with Crippen molar-refractivity contribution in [1.82, 2.24) is 9.80 Å². The van der Waals surface area contributed by atoms with Gasteiger partial charge in [0.2, 0.25) is 5.91 Å². The lowest BCUT2D eigenvalue weighted by atomic mass is 10.1. The van der Waals surface area contributed by atoms with Crippen molar-refractivity contribution in [2.75, 3.05) is 26.2 Å². The maximum Gasteiger partial charge on any atom is 0.316 e. The number of aryl methyl sites for hydroxylation is 1. The number of rotatable bonds is 2. The van der Waals surface area contributed by atoms with E-state index in [1.165, 1.54) is 0 Å². The molecule has 1 aromatic carbocycles. The normalized spacial score (nSPS) is 15.5. The van der Waals surface area contributed by atoms with Gasteiger partial charge in [0.05, 0.1) is 6.42 Å². The first-order valence-electron chi connectivity index (χ1n) is 6.34. The van der Waals surface area contributed by atoms with E-state index in [0.29, 0.717) is 32.6 Å². The monoisotopic (exact) mass is 280 g/mol. The van der Waals surface area contributed by atoms with Gasteiger partial charge in [-0.05, 0) is 29.7 Å². The molecule has 1 fully saturated rings. The van der Waals surface area contributed by atoms with Gasteiger partial charge in [0.25, 0.3) is 0 Å². The maximum atomic E-state index is 12.2. The average molecular weight is 281 g/mol. The highest BCUT2D eigenvalue weighted by Crippen LogP contribution is 2.11. The molecule has 0 spiro atoms. The van der Waals surface area contributed by atoms with E-state index in [0.717, 1.165) is 11.1 Å². The van der Waals surface area contributed by atoms with Gasteiger partial charge < -0.3 is 9.80 Å². The molecule has 1 aliphatic heterocycles. The van der Waals surface area contributed by atoms with E-state index < -0.39 is 5.37 Å². The van der Waals surface area contributed by atoms with Crippen LogP contribution in [0.3, 0.4) is 0 Å². The number of carbonyl (C=O) groups excluding carboxylic acids is 2. The van der Waals surface area contributed by atoms with Gasteiger partial charge in [-0.15, -0.1) is 0 Å². The number of amides is 2. The predicted octanol–water partition coefficient (Wildman–Crippen LogP) is 2.04. The lowest BCUT2D eigenvalue weighted by molar-refractivity contribution is -0.131. The van der Waals surface area contributed by atoms with Crippen LogP contribution in [0.2, 0.25) is 0 Å². The number of carbonyl (C=O) groups is 2. The summed E-state index contributed by atoms with van der Waals surface area (Å²) in [6, 6.07) is 7.90. The minimum atomic E-state index is -0.439. The van der Waals surface area contributed by atoms with Crippen LogP contribution in [-0.2, 0) is 11.2 Å². The second kappa shape index (κ2) is 6.06. The third-order valence-corrected chi connectivity index (χ3v) is 3.72. The average Bonchev–Trinajstić information content (AvgIpc) is 2.41. The minimum absolute atomic E-state index is 0.107. The van der Waals surface area contributed by atoms with E-state index in [2.05, 4.69) is 0 Å². The molecule has 0 unspecified atom stereocenters. The number of halogens is 1. The number of hydrogen-bond acceptors (Lipinski definition) is 2. The first-order valence-corrected chi connectivity index (χ1v) is 6.72. The Morgan fingerprint density at radius 2 is 1.68 bits per heavy atom. The molecule has 19 heavy (non-hydrogen) atoms. The van der Waals surface area contributed by atoms with Crippen molar-refractivity contribution in [2.24, 2.45) is 0 Å². The van der Waals surface area contributed by atoms with E-state index in [4.69, 9.17) is 11.6 Å². The van der Waals surface area contributed by atoms with Crippen molar-refractivity contribution < 1.29 is 9.59 Å². The Kier molecular flexibility index (Phi) is 4.43. The zero-order valence-electron chi connectivity index (χ0n) is 10.9. The largest absolute Gasteiger partial charge is 0.339 e. The number of benzene rings is 1. The van der Waals surface area contributed by atoms with Crippen molar-refractivity contribution in [3.8, 4) is 0 Å². The van der Waals surface area contributed by atoms with E-state index in [1.807, 2.05) is 31.2 Å². The van der Waals surface area contributed by atoms with Crippen molar-refractivity contribution >= 4 is 22.9 Å². The summed E-state index contributed by atoms with van der Waals surface area (Å²) < 4.78 is 0. The van der Waals surface area contributed by atoms with Crippen LogP contribution in [0.15, 0.2) is 24.3 Å². The smallest absolute Gasteiger partial charge is 0.316 e. The fourth-order valence-corrected chi connectivity index (χ4v) is 2.38.